The zero-order valence-corrected chi connectivity index (χ0v) is 23.5. The number of anilines is 2. The van der Waals surface area contributed by atoms with Gasteiger partial charge in [-0.25, -0.2) is 18.2 Å². The summed E-state index contributed by atoms with van der Waals surface area (Å²) < 4.78 is 52.0. The minimum atomic E-state index is -0.894. The van der Waals surface area contributed by atoms with E-state index in [0.29, 0.717) is 42.3 Å². The van der Waals surface area contributed by atoms with Crippen LogP contribution in [0.2, 0.25) is 5.02 Å². The summed E-state index contributed by atoms with van der Waals surface area (Å²) in [5, 5.41) is 4.26. The van der Waals surface area contributed by atoms with Crippen LogP contribution < -0.4 is 20.7 Å². The number of ether oxygens (including phenoxy) is 1. The van der Waals surface area contributed by atoms with Crippen LogP contribution in [0.5, 0.6) is 6.01 Å². The summed E-state index contributed by atoms with van der Waals surface area (Å²) in [5.41, 5.74) is 6.16. The van der Waals surface area contributed by atoms with E-state index in [1.807, 2.05) is 0 Å². The van der Waals surface area contributed by atoms with Crippen molar-refractivity contribution in [3.8, 4) is 17.1 Å². The maximum absolute atomic E-state index is 16.6. The number of thiazole rings is 1. The molecule has 0 spiro atoms. The maximum atomic E-state index is 16.6. The summed E-state index contributed by atoms with van der Waals surface area (Å²) in [6, 6.07) is 5.01. The number of aromatic nitrogens is 3. The molecule has 214 valence electrons. The van der Waals surface area contributed by atoms with E-state index < -0.39 is 23.3 Å². The molecule has 4 atom stereocenters. The second-order valence-corrected chi connectivity index (χ2v) is 13.0. The topological polar surface area (TPSA) is 92.4 Å². The molecule has 3 aliphatic heterocycles. The first-order chi connectivity index (χ1) is 19.8. The van der Waals surface area contributed by atoms with E-state index >= 15 is 4.39 Å². The summed E-state index contributed by atoms with van der Waals surface area (Å²) in [7, 11) is 0. The van der Waals surface area contributed by atoms with Gasteiger partial charge in [-0.2, -0.15) is 9.97 Å². The van der Waals surface area contributed by atoms with Crippen LogP contribution in [0.1, 0.15) is 25.7 Å². The third kappa shape index (κ3) is 4.05. The van der Waals surface area contributed by atoms with Gasteiger partial charge in [0.15, 0.2) is 10.9 Å². The largest absolute Gasteiger partial charge is 0.461 e. The van der Waals surface area contributed by atoms with E-state index in [1.165, 1.54) is 12.1 Å². The summed E-state index contributed by atoms with van der Waals surface area (Å²) in [6.45, 7) is 2.92. The average molecular weight is 602 g/mol. The number of benzene rings is 2. The van der Waals surface area contributed by atoms with Gasteiger partial charge in [-0.15, -0.1) is 0 Å². The third-order valence-electron chi connectivity index (χ3n) is 9.04. The second kappa shape index (κ2) is 9.29. The second-order valence-electron chi connectivity index (χ2n) is 11.5. The number of alkyl halides is 1. The summed E-state index contributed by atoms with van der Waals surface area (Å²) >= 11 is 7.75. The summed E-state index contributed by atoms with van der Waals surface area (Å²) in [6.07, 6.45) is 2.29. The van der Waals surface area contributed by atoms with Crippen molar-refractivity contribution in [2.45, 2.75) is 49.5 Å². The normalized spacial score (nSPS) is 27.5. The fourth-order valence-corrected chi connectivity index (χ4v) is 8.13. The predicted molar refractivity (Wildman–Crippen MR) is 154 cm³/mol. The van der Waals surface area contributed by atoms with Gasteiger partial charge in [0.05, 0.1) is 20.8 Å². The third-order valence-corrected chi connectivity index (χ3v) is 10.2. The Morgan fingerprint density at radius 2 is 2.07 bits per heavy atom. The van der Waals surface area contributed by atoms with Crippen molar-refractivity contribution in [2.24, 2.45) is 0 Å². The van der Waals surface area contributed by atoms with Crippen molar-refractivity contribution in [1.82, 2.24) is 25.2 Å². The van der Waals surface area contributed by atoms with Crippen molar-refractivity contribution in [3.05, 3.63) is 34.9 Å². The quantitative estimate of drug-likeness (QED) is 0.333. The van der Waals surface area contributed by atoms with Gasteiger partial charge in [0.1, 0.15) is 29.9 Å². The Morgan fingerprint density at radius 3 is 2.95 bits per heavy atom. The molecule has 4 aliphatic rings. The number of nitrogen functional groups attached to an aromatic ring is 1. The van der Waals surface area contributed by atoms with Crippen LogP contribution in [0, 0.1) is 11.6 Å². The summed E-state index contributed by atoms with van der Waals surface area (Å²) in [4.78, 5) is 17.9. The molecule has 13 heteroatoms. The molecule has 0 bridgehead atoms. The fourth-order valence-electron chi connectivity index (χ4n) is 7.08. The standard InChI is InChI=1S/C28H27ClF3N7OS/c29-16-8-15-22(21(32)20(16)14-2-3-17(31)24-23(14)35-26(33)41-24)36-27(37-25(15)39-7-5-34-18-9-19(18)39)40-12-28-4-1-6-38(28)11-13(30)10-28/h2-3,8,13,18-19,34H,1,4-7,9-12H2,(H2,33,35)/t13-,18?,19?,28+/m1/s1. The van der Waals surface area contributed by atoms with Gasteiger partial charge >= 0.3 is 6.01 Å². The van der Waals surface area contributed by atoms with Crippen LogP contribution in [0.4, 0.5) is 24.1 Å². The number of nitrogens with two attached hydrogens (primary N) is 1. The minimum Gasteiger partial charge on any atom is -0.461 e. The van der Waals surface area contributed by atoms with Crippen molar-refractivity contribution in [3.63, 3.8) is 0 Å². The molecule has 3 N–H and O–H groups in total. The highest BCUT2D eigenvalue weighted by atomic mass is 35.5. The SMILES string of the molecule is Nc1nc2c(-c3c(Cl)cc4c(N5CCNC6CC65)nc(OC[C@@]56CCCN5C[C@H](F)C6)nc4c3F)ccc(F)c2s1. The van der Waals surface area contributed by atoms with E-state index in [-0.39, 0.29) is 50.1 Å². The van der Waals surface area contributed by atoms with Crippen LogP contribution in [0.25, 0.3) is 32.2 Å². The first-order valence-electron chi connectivity index (χ1n) is 13.9. The number of hydrogen-bond acceptors (Lipinski definition) is 9. The van der Waals surface area contributed by atoms with Gasteiger partial charge in [-0.3, -0.25) is 4.90 Å². The van der Waals surface area contributed by atoms with E-state index in [9.17, 15) is 8.78 Å². The molecule has 8 rings (SSSR count). The number of hydrogen-bond donors (Lipinski definition) is 2. The van der Waals surface area contributed by atoms with Crippen LogP contribution in [0.15, 0.2) is 18.2 Å². The van der Waals surface area contributed by atoms with Gasteiger partial charge in [0, 0.05) is 54.7 Å². The lowest BCUT2D eigenvalue weighted by molar-refractivity contribution is 0.107. The Hall–Kier alpha value is -2.93. The highest BCUT2D eigenvalue weighted by Crippen LogP contribution is 2.45. The molecule has 41 heavy (non-hydrogen) atoms. The molecule has 2 unspecified atom stereocenters. The molecule has 2 aromatic heterocycles. The lowest BCUT2D eigenvalue weighted by Crippen LogP contribution is -2.44. The minimum absolute atomic E-state index is 0.0427. The molecule has 0 radical (unpaired) electrons. The van der Waals surface area contributed by atoms with Crippen molar-refractivity contribution >= 4 is 55.0 Å². The molecule has 2 aromatic carbocycles. The lowest BCUT2D eigenvalue weighted by atomic mass is 9.95. The van der Waals surface area contributed by atoms with E-state index in [0.717, 1.165) is 43.7 Å². The van der Waals surface area contributed by atoms with Gasteiger partial charge < -0.3 is 20.7 Å². The van der Waals surface area contributed by atoms with Gasteiger partial charge in [0.2, 0.25) is 0 Å². The predicted octanol–water partition coefficient (Wildman–Crippen LogP) is 4.93. The average Bonchev–Trinajstić information content (AvgIpc) is 3.33. The molecule has 4 aromatic rings. The number of nitrogens with zero attached hydrogens (tertiary/aromatic N) is 5. The van der Waals surface area contributed by atoms with Gasteiger partial charge in [-0.1, -0.05) is 22.9 Å². The highest BCUT2D eigenvalue weighted by molar-refractivity contribution is 7.22. The highest BCUT2D eigenvalue weighted by Gasteiger charge is 2.50. The fraction of sp³-hybridized carbons (Fsp3) is 0.464. The number of nitrogens with one attached hydrogen (secondary N) is 1. The molecule has 1 aliphatic carbocycles. The lowest BCUT2D eigenvalue weighted by Gasteiger charge is -2.32. The molecule has 5 heterocycles. The smallest absolute Gasteiger partial charge is 0.319 e. The van der Waals surface area contributed by atoms with Crippen molar-refractivity contribution in [2.75, 3.05) is 43.4 Å². The van der Waals surface area contributed by atoms with Crippen LogP contribution in [0.3, 0.4) is 0 Å². The van der Waals surface area contributed by atoms with E-state index in [4.69, 9.17) is 27.1 Å². The van der Waals surface area contributed by atoms with Crippen molar-refractivity contribution < 1.29 is 17.9 Å². The Kier molecular flexibility index (Phi) is 5.83. The van der Waals surface area contributed by atoms with Gasteiger partial charge in [0.25, 0.3) is 0 Å². The summed E-state index contributed by atoms with van der Waals surface area (Å²) in [5.74, 6) is -0.603. The molecule has 8 nitrogen and oxygen atoms in total. The Balaban J connectivity index is 1.27. The zero-order valence-electron chi connectivity index (χ0n) is 22.0. The molecule has 0 amide bonds. The maximum Gasteiger partial charge on any atom is 0.319 e. The first kappa shape index (κ1) is 25.8. The number of fused-ring (bicyclic) bond motifs is 4. The molecule has 1 saturated carbocycles. The first-order valence-corrected chi connectivity index (χ1v) is 15.1. The van der Waals surface area contributed by atoms with Crippen LogP contribution >= 0.6 is 22.9 Å². The van der Waals surface area contributed by atoms with E-state index in [2.05, 4.69) is 25.1 Å². The molecular formula is C28H27ClF3N7OS. The van der Waals surface area contributed by atoms with Gasteiger partial charge in [-0.05, 0) is 44.0 Å². The number of piperazine rings is 1. The Labute approximate surface area is 242 Å². The number of halogens is 4. The van der Waals surface area contributed by atoms with Crippen molar-refractivity contribution in [1.29, 1.82) is 0 Å². The zero-order chi connectivity index (χ0) is 28.0. The Morgan fingerprint density at radius 1 is 1.20 bits per heavy atom. The van der Waals surface area contributed by atoms with E-state index in [1.54, 1.807) is 6.07 Å². The molecular weight excluding hydrogens is 575 g/mol. The Bertz CT molecular complexity index is 1720. The molecule has 3 saturated heterocycles. The number of rotatable bonds is 5. The van der Waals surface area contributed by atoms with Crippen LogP contribution in [-0.4, -0.2) is 76.4 Å². The van der Waals surface area contributed by atoms with Crippen LogP contribution in [-0.2, 0) is 0 Å². The molecule has 4 fully saturated rings. The monoisotopic (exact) mass is 601 g/mol.